The fourth-order valence-electron chi connectivity index (χ4n) is 1.12. The summed E-state index contributed by atoms with van der Waals surface area (Å²) >= 11 is 5.53. The Morgan fingerprint density at radius 2 is 1.83 bits per heavy atom. The van der Waals surface area contributed by atoms with E-state index in [1.165, 1.54) is 0 Å². The molecule has 1 rings (SSSR count). The number of alkyl halides is 1. The van der Waals surface area contributed by atoms with E-state index in [4.69, 9.17) is 16.7 Å². The van der Waals surface area contributed by atoms with Crippen LogP contribution in [0.4, 0.5) is 0 Å². The van der Waals surface area contributed by atoms with Gasteiger partial charge >= 0.3 is 0 Å². The van der Waals surface area contributed by atoms with Gasteiger partial charge in [0.1, 0.15) is 0 Å². The number of rotatable bonds is 1. The SMILES string of the molecule is Cl.Cl.O[C@@H]1[C@@H](CCl)CNC[C@H]1O. The topological polar surface area (TPSA) is 52.5 Å². The van der Waals surface area contributed by atoms with Crippen LogP contribution in [0.2, 0.25) is 0 Å². The van der Waals surface area contributed by atoms with Crippen molar-refractivity contribution in [3.63, 3.8) is 0 Å². The van der Waals surface area contributed by atoms with E-state index in [-0.39, 0.29) is 30.7 Å². The maximum Gasteiger partial charge on any atom is 0.0926 e. The Bertz CT molecular complexity index is 117. The first-order chi connectivity index (χ1) is 4.75. The second-order valence-corrected chi connectivity index (χ2v) is 2.94. The first kappa shape index (κ1) is 15.2. The molecule has 1 aliphatic heterocycles. The second-order valence-electron chi connectivity index (χ2n) is 2.63. The summed E-state index contributed by atoms with van der Waals surface area (Å²) in [7, 11) is 0. The maximum absolute atomic E-state index is 9.26. The lowest BCUT2D eigenvalue weighted by molar-refractivity contribution is -0.0285. The predicted molar refractivity (Wildman–Crippen MR) is 53.6 cm³/mol. The lowest BCUT2D eigenvalue weighted by Gasteiger charge is -2.30. The summed E-state index contributed by atoms with van der Waals surface area (Å²) in [5.41, 5.74) is 0. The fraction of sp³-hybridized carbons (Fsp3) is 1.00. The van der Waals surface area contributed by atoms with E-state index in [1.54, 1.807) is 0 Å². The minimum absolute atomic E-state index is 0. The van der Waals surface area contributed by atoms with Crippen LogP contribution in [0.5, 0.6) is 0 Å². The fourth-order valence-corrected chi connectivity index (χ4v) is 1.41. The molecule has 0 aromatic rings. The molecule has 0 aromatic heterocycles. The van der Waals surface area contributed by atoms with Crippen molar-refractivity contribution in [1.29, 1.82) is 0 Å². The summed E-state index contributed by atoms with van der Waals surface area (Å²) in [5, 5.41) is 21.3. The summed E-state index contributed by atoms with van der Waals surface area (Å²) in [6, 6.07) is 0. The number of hydrogen-bond acceptors (Lipinski definition) is 3. The third-order valence-electron chi connectivity index (χ3n) is 1.84. The molecule has 0 amide bonds. The molecule has 3 atom stereocenters. The lowest BCUT2D eigenvalue weighted by Crippen LogP contribution is -2.50. The molecule has 0 aliphatic carbocycles. The van der Waals surface area contributed by atoms with Gasteiger partial charge in [-0.15, -0.1) is 36.4 Å². The van der Waals surface area contributed by atoms with Gasteiger partial charge in [-0.2, -0.15) is 0 Å². The molecule has 6 heteroatoms. The van der Waals surface area contributed by atoms with Gasteiger partial charge in [-0.05, 0) is 0 Å². The first-order valence-corrected chi connectivity index (χ1v) is 3.92. The average molecular weight is 239 g/mol. The Labute approximate surface area is 89.3 Å². The number of β-amino-alcohol motifs (C(OH)–C–C–N with tert-alkyl or cyclic N) is 1. The molecule has 3 nitrogen and oxygen atoms in total. The highest BCUT2D eigenvalue weighted by Crippen LogP contribution is 2.12. The minimum Gasteiger partial charge on any atom is -0.390 e. The number of nitrogens with one attached hydrogen (secondary N) is 1. The normalized spacial score (nSPS) is 34.8. The summed E-state index contributed by atoms with van der Waals surface area (Å²) < 4.78 is 0. The highest BCUT2D eigenvalue weighted by Gasteiger charge is 2.29. The van der Waals surface area contributed by atoms with Crippen LogP contribution in [0.15, 0.2) is 0 Å². The predicted octanol–water partition coefficient (Wildman–Crippen LogP) is 0.01000. The highest BCUT2D eigenvalue weighted by molar-refractivity contribution is 6.18. The third-order valence-corrected chi connectivity index (χ3v) is 2.23. The standard InChI is InChI=1S/C6H12ClNO2.2ClH/c7-1-4-2-8-3-5(9)6(4)10;;/h4-6,8-10H,1-3H2;2*1H/t4-,5+,6+;;/m0../s1. The maximum atomic E-state index is 9.26. The van der Waals surface area contributed by atoms with Crippen LogP contribution in [-0.4, -0.2) is 41.4 Å². The lowest BCUT2D eigenvalue weighted by atomic mass is 9.96. The van der Waals surface area contributed by atoms with Crippen molar-refractivity contribution in [2.24, 2.45) is 5.92 Å². The third kappa shape index (κ3) is 3.64. The number of aliphatic hydroxyl groups excluding tert-OH is 2. The summed E-state index contributed by atoms with van der Waals surface area (Å²) in [5.74, 6) is 0.385. The Balaban J connectivity index is 0. The van der Waals surface area contributed by atoms with Crippen LogP contribution in [0, 0.1) is 5.92 Å². The van der Waals surface area contributed by atoms with Gasteiger partial charge in [0, 0.05) is 24.9 Å². The largest absolute Gasteiger partial charge is 0.390 e. The smallest absolute Gasteiger partial charge is 0.0926 e. The minimum atomic E-state index is -0.655. The molecule has 1 aliphatic rings. The van der Waals surface area contributed by atoms with Crippen LogP contribution in [0.25, 0.3) is 0 Å². The molecule has 76 valence electrons. The molecule has 1 saturated heterocycles. The van der Waals surface area contributed by atoms with Gasteiger partial charge in [-0.1, -0.05) is 0 Å². The van der Waals surface area contributed by atoms with Crippen molar-refractivity contribution in [2.45, 2.75) is 12.2 Å². The van der Waals surface area contributed by atoms with Crippen molar-refractivity contribution in [3.8, 4) is 0 Å². The van der Waals surface area contributed by atoms with E-state index in [2.05, 4.69) is 5.32 Å². The van der Waals surface area contributed by atoms with E-state index in [1.807, 2.05) is 0 Å². The molecule has 1 fully saturated rings. The molecule has 0 aromatic carbocycles. The van der Waals surface area contributed by atoms with Crippen molar-refractivity contribution >= 4 is 36.4 Å². The zero-order chi connectivity index (χ0) is 7.56. The second kappa shape index (κ2) is 7.18. The van der Waals surface area contributed by atoms with Crippen LogP contribution >= 0.6 is 36.4 Å². The monoisotopic (exact) mass is 237 g/mol. The van der Waals surface area contributed by atoms with Gasteiger partial charge in [-0.3, -0.25) is 0 Å². The zero-order valence-electron chi connectivity index (χ0n) is 6.44. The average Bonchev–Trinajstić information content (AvgIpc) is 1.95. The van der Waals surface area contributed by atoms with E-state index in [0.29, 0.717) is 19.0 Å². The highest BCUT2D eigenvalue weighted by atomic mass is 35.5. The van der Waals surface area contributed by atoms with Crippen molar-refractivity contribution in [3.05, 3.63) is 0 Å². The van der Waals surface area contributed by atoms with Gasteiger partial charge in [-0.25, -0.2) is 0 Å². The number of halogens is 3. The van der Waals surface area contributed by atoms with E-state index < -0.39 is 12.2 Å². The van der Waals surface area contributed by atoms with E-state index in [9.17, 15) is 5.11 Å². The molecular formula is C6H14Cl3NO2. The van der Waals surface area contributed by atoms with Gasteiger partial charge in [0.25, 0.3) is 0 Å². The zero-order valence-corrected chi connectivity index (χ0v) is 8.83. The van der Waals surface area contributed by atoms with Gasteiger partial charge < -0.3 is 15.5 Å². The molecule has 1 heterocycles. The number of hydrogen-bond donors (Lipinski definition) is 3. The molecule has 0 radical (unpaired) electrons. The van der Waals surface area contributed by atoms with Gasteiger partial charge in [0.2, 0.25) is 0 Å². The van der Waals surface area contributed by atoms with Crippen LogP contribution in [-0.2, 0) is 0 Å². The molecule has 12 heavy (non-hydrogen) atoms. The number of piperidine rings is 1. The first-order valence-electron chi connectivity index (χ1n) is 3.38. The Morgan fingerprint density at radius 1 is 1.25 bits per heavy atom. The molecule has 0 spiro atoms. The summed E-state index contributed by atoms with van der Waals surface area (Å²) in [6.07, 6.45) is -1.31. The molecule has 0 unspecified atom stereocenters. The van der Waals surface area contributed by atoms with E-state index >= 15 is 0 Å². The van der Waals surface area contributed by atoms with Crippen LogP contribution in [0.3, 0.4) is 0 Å². The van der Waals surface area contributed by atoms with Gasteiger partial charge in [0.15, 0.2) is 0 Å². The van der Waals surface area contributed by atoms with Crippen LogP contribution in [0.1, 0.15) is 0 Å². The Hall–Kier alpha value is 0.750. The quantitative estimate of drug-likeness (QED) is 0.564. The summed E-state index contributed by atoms with van der Waals surface area (Å²) in [6.45, 7) is 1.16. The molecule has 0 saturated carbocycles. The molecule has 0 bridgehead atoms. The molecule has 3 N–H and O–H groups in total. The van der Waals surface area contributed by atoms with Gasteiger partial charge in [0.05, 0.1) is 12.2 Å². The van der Waals surface area contributed by atoms with Crippen molar-refractivity contribution in [2.75, 3.05) is 19.0 Å². The van der Waals surface area contributed by atoms with Crippen molar-refractivity contribution in [1.82, 2.24) is 5.32 Å². The van der Waals surface area contributed by atoms with Crippen molar-refractivity contribution < 1.29 is 10.2 Å². The number of aliphatic hydroxyl groups is 2. The van der Waals surface area contributed by atoms with Crippen LogP contribution < -0.4 is 5.32 Å². The summed E-state index contributed by atoms with van der Waals surface area (Å²) in [4.78, 5) is 0. The Kier molecular flexibility index (Phi) is 9.12. The Morgan fingerprint density at radius 3 is 2.25 bits per heavy atom. The van der Waals surface area contributed by atoms with E-state index in [0.717, 1.165) is 0 Å². The molecular weight excluding hydrogens is 224 g/mol.